The molecule has 0 saturated carbocycles. The van der Waals surface area contributed by atoms with Crippen LogP contribution in [-0.4, -0.2) is 12.5 Å². The molecule has 1 aliphatic rings. The van der Waals surface area contributed by atoms with Crippen molar-refractivity contribution in [3.05, 3.63) is 65.0 Å². The molecular formula is C18H15F4NO. The molecule has 0 atom stereocenters. The number of hydrogen-bond acceptors (Lipinski definition) is 1. The highest BCUT2D eigenvalue weighted by atomic mass is 19.4. The van der Waals surface area contributed by atoms with Crippen LogP contribution in [-0.2, 0) is 23.8 Å². The summed E-state index contributed by atoms with van der Waals surface area (Å²) in [5, 5.41) is 0. The van der Waals surface area contributed by atoms with Gasteiger partial charge in [-0.25, -0.2) is 4.39 Å². The largest absolute Gasteiger partial charge is 0.416 e. The molecule has 1 amide bonds. The Morgan fingerprint density at radius 2 is 1.92 bits per heavy atom. The van der Waals surface area contributed by atoms with E-state index in [1.165, 1.54) is 29.2 Å². The van der Waals surface area contributed by atoms with Gasteiger partial charge >= 0.3 is 6.18 Å². The number of alkyl halides is 3. The van der Waals surface area contributed by atoms with Gasteiger partial charge in [-0.2, -0.15) is 13.2 Å². The lowest BCUT2D eigenvalue weighted by Crippen LogP contribution is -2.36. The maximum atomic E-state index is 13.3. The molecule has 126 valence electrons. The lowest BCUT2D eigenvalue weighted by Gasteiger charge is -2.29. The normalized spacial score (nSPS) is 14.4. The van der Waals surface area contributed by atoms with Crippen LogP contribution in [0.25, 0.3) is 0 Å². The molecule has 0 aromatic heterocycles. The fourth-order valence-electron chi connectivity index (χ4n) is 2.95. The third kappa shape index (κ3) is 3.42. The van der Waals surface area contributed by atoms with E-state index in [0.717, 1.165) is 17.7 Å². The standard InChI is InChI=1S/C18H15F4NO/c19-15-6-7-16-13(11-15)4-2-8-23(16)17(24)10-12-3-1-5-14(9-12)18(20,21)22/h1,3,5-7,9,11H,2,4,8,10H2. The third-order valence-electron chi connectivity index (χ3n) is 4.07. The minimum atomic E-state index is -4.44. The van der Waals surface area contributed by atoms with Crippen molar-refractivity contribution >= 4 is 11.6 Å². The molecule has 0 unspecified atom stereocenters. The molecule has 0 bridgehead atoms. The summed E-state index contributed by atoms with van der Waals surface area (Å²) < 4.78 is 51.6. The van der Waals surface area contributed by atoms with Gasteiger partial charge in [-0.05, 0) is 48.2 Å². The second kappa shape index (κ2) is 6.26. The van der Waals surface area contributed by atoms with Crippen molar-refractivity contribution in [2.24, 2.45) is 0 Å². The first kappa shape index (κ1) is 16.5. The quantitative estimate of drug-likeness (QED) is 0.746. The number of nitrogens with zero attached hydrogens (tertiary/aromatic N) is 1. The summed E-state index contributed by atoms with van der Waals surface area (Å²) in [6.45, 7) is 0.483. The van der Waals surface area contributed by atoms with Crippen LogP contribution in [0, 0.1) is 5.82 Å². The molecule has 6 heteroatoms. The zero-order valence-corrected chi connectivity index (χ0v) is 12.7. The SMILES string of the molecule is O=C(Cc1cccc(C(F)(F)F)c1)N1CCCc2cc(F)ccc21. The number of carbonyl (C=O) groups is 1. The summed E-state index contributed by atoms with van der Waals surface area (Å²) in [4.78, 5) is 14.1. The van der Waals surface area contributed by atoms with Crippen molar-refractivity contribution in [1.82, 2.24) is 0 Å². The molecule has 0 radical (unpaired) electrons. The van der Waals surface area contributed by atoms with Crippen LogP contribution in [0.5, 0.6) is 0 Å². The molecule has 0 spiro atoms. The molecule has 0 N–H and O–H groups in total. The molecule has 2 aromatic carbocycles. The van der Waals surface area contributed by atoms with Crippen molar-refractivity contribution in [3.8, 4) is 0 Å². The third-order valence-corrected chi connectivity index (χ3v) is 4.07. The minimum absolute atomic E-state index is 0.124. The van der Waals surface area contributed by atoms with Crippen LogP contribution in [0.4, 0.5) is 23.2 Å². The van der Waals surface area contributed by atoms with Gasteiger partial charge in [0, 0.05) is 12.2 Å². The lowest BCUT2D eigenvalue weighted by atomic mass is 10.00. The molecule has 0 aliphatic carbocycles. The monoisotopic (exact) mass is 337 g/mol. The van der Waals surface area contributed by atoms with Crippen LogP contribution < -0.4 is 4.90 Å². The first-order chi connectivity index (χ1) is 11.3. The van der Waals surface area contributed by atoms with Gasteiger partial charge in [0.2, 0.25) is 5.91 Å². The number of anilines is 1. The number of rotatable bonds is 2. The average molecular weight is 337 g/mol. The fourth-order valence-corrected chi connectivity index (χ4v) is 2.95. The summed E-state index contributed by atoms with van der Waals surface area (Å²) in [5.41, 5.74) is 0.927. The van der Waals surface area contributed by atoms with E-state index in [2.05, 4.69) is 0 Å². The first-order valence-electron chi connectivity index (χ1n) is 7.59. The summed E-state index contributed by atoms with van der Waals surface area (Å²) in [7, 11) is 0. The lowest BCUT2D eigenvalue weighted by molar-refractivity contribution is -0.137. The van der Waals surface area contributed by atoms with Gasteiger partial charge in [0.25, 0.3) is 0 Å². The highest BCUT2D eigenvalue weighted by Gasteiger charge is 2.31. The van der Waals surface area contributed by atoms with E-state index in [4.69, 9.17) is 0 Å². The van der Waals surface area contributed by atoms with E-state index in [0.29, 0.717) is 30.6 Å². The van der Waals surface area contributed by atoms with Crippen LogP contribution >= 0.6 is 0 Å². The Balaban J connectivity index is 1.82. The maximum Gasteiger partial charge on any atom is 0.416 e. The highest BCUT2D eigenvalue weighted by molar-refractivity contribution is 5.95. The molecule has 2 nitrogen and oxygen atoms in total. The van der Waals surface area contributed by atoms with Crippen molar-refractivity contribution < 1.29 is 22.4 Å². The predicted molar refractivity (Wildman–Crippen MR) is 82.2 cm³/mol. The average Bonchev–Trinajstić information content (AvgIpc) is 2.53. The predicted octanol–water partition coefficient (Wildman–Crippen LogP) is 4.37. The van der Waals surface area contributed by atoms with Gasteiger partial charge < -0.3 is 4.90 Å². The van der Waals surface area contributed by atoms with E-state index < -0.39 is 11.7 Å². The molecule has 0 saturated heterocycles. The number of fused-ring (bicyclic) bond motifs is 1. The number of hydrogen-bond donors (Lipinski definition) is 0. The van der Waals surface area contributed by atoms with Crippen molar-refractivity contribution in [3.63, 3.8) is 0 Å². The number of carbonyl (C=O) groups excluding carboxylic acids is 1. The van der Waals surface area contributed by atoms with Crippen LogP contribution in [0.15, 0.2) is 42.5 Å². The van der Waals surface area contributed by atoms with Crippen molar-refractivity contribution in [2.45, 2.75) is 25.4 Å². The molecule has 0 fully saturated rings. The van der Waals surface area contributed by atoms with Crippen LogP contribution in [0.2, 0.25) is 0 Å². The van der Waals surface area contributed by atoms with E-state index in [9.17, 15) is 22.4 Å². The Kier molecular flexibility index (Phi) is 4.30. The summed E-state index contributed by atoms with van der Waals surface area (Å²) in [6, 6.07) is 9.01. The molecule has 24 heavy (non-hydrogen) atoms. The van der Waals surface area contributed by atoms with E-state index >= 15 is 0 Å². The number of aryl methyl sites for hydroxylation is 1. The Hall–Kier alpha value is -2.37. The van der Waals surface area contributed by atoms with Gasteiger partial charge in [-0.15, -0.1) is 0 Å². The summed E-state index contributed by atoms with van der Waals surface area (Å²) in [6.07, 6.45) is -3.18. The Morgan fingerprint density at radius 3 is 2.67 bits per heavy atom. The van der Waals surface area contributed by atoms with Gasteiger partial charge in [-0.3, -0.25) is 4.79 Å². The first-order valence-corrected chi connectivity index (χ1v) is 7.59. The fraction of sp³-hybridized carbons (Fsp3) is 0.278. The Morgan fingerprint density at radius 1 is 1.12 bits per heavy atom. The molecule has 2 aromatic rings. The highest BCUT2D eigenvalue weighted by Crippen LogP contribution is 2.31. The Labute approximate surface area is 136 Å². The van der Waals surface area contributed by atoms with Gasteiger partial charge in [0.1, 0.15) is 5.82 Å². The number of benzene rings is 2. The van der Waals surface area contributed by atoms with Crippen molar-refractivity contribution in [2.75, 3.05) is 11.4 Å². The summed E-state index contributed by atoms with van der Waals surface area (Å²) >= 11 is 0. The smallest absolute Gasteiger partial charge is 0.312 e. The molecular weight excluding hydrogens is 322 g/mol. The molecule has 1 heterocycles. The molecule has 3 rings (SSSR count). The second-order valence-corrected chi connectivity index (χ2v) is 5.80. The second-order valence-electron chi connectivity index (χ2n) is 5.80. The van der Waals surface area contributed by atoms with Gasteiger partial charge in [0.05, 0.1) is 12.0 Å². The van der Waals surface area contributed by atoms with Crippen molar-refractivity contribution in [1.29, 1.82) is 0 Å². The minimum Gasteiger partial charge on any atom is -0.312 e. The number of halogens is 4. The zero-order valence-electron chi connectivity index (χ0n) is 12.7. The number of amides is 1. The van der Waals surface area contributed by atoms with E-state index in [-0.39, 0.29) is 18.1 Å². The molecule has 1 aliphatic heterocycles. The maximum absolute atomic E-state index is 13.3. The van der Waals surface area contributed by atoms with Gasteiger partial charge in [0.15, 0.2) is 0 Å². The summed E-state index contributed by atoms with van der Waals surface area (Å²) in [5.74, 6) is -0.650. The van der Waals surface area contributed by atoms with E-state index in [1.807, 2.05) is 0 Å². The van der Waals surface area contributed by atoms with Gasteiger partial charge in [-0.1, -0.05) is 18.2 Å². The Bertz CT molecular complexity index is 770. The topological polar surface area (TPSA) is 20.3 Å². The van der Waals surface area contributed by atoms with Crippen LogP contribution in [0.1, 0.15) is 23.1 Å². The zero-order chi connectivity index (χ0) is 17.3. The van der Waals surface area contributed by atoms with Crippen LogP contribution in [0.3, 0.4) is 0 Å². The van der Waals surface area contributed by atoms with E-state index in [1.54, 1.807) is 6.07 Å².